The van der Waals surface area contributed by atoms with Crippen LogP contribution in [0.5, 0.6) is 0 Å². The Balaban J connectivity index is 4.13. The highest BCUT2D eigenvalue weighted by Gasteiger charge is 2.19. The van der Waals surface area contributed by atoms with Crippen LogP contribution in [0.25, 0.3) is 0 Å². The average molecular weight is 200 g/mol. The van der Waals surface area contributed by atoms with Crippen LogP contribution in [0.15, 0.2) is 0 Å². The van der Waals surface area contributed by atoms with Crippen molar-refractivity contribution in [1.82, 2.24) is 5.32 Å². The fourth-order valence-corrected chi connectivity index (χ4v) is 1.46. The Bertz CT molecular complexity index is 165. The Morgan fingerprint density at radius 3 is 2.07 bits per heavy atom. The van der Waals surface area contributed by atoms with Crippen molar-refractivity contribution in [1.29, 1.82) is 0 Å². The molecule has 0 radical (unpaired) electrons. The molecular formula is C11H24N2O. The molecule has 0 aliphatic heterocycles. The van der Waals surface area contributed by atoms with Gasteiger partial charge in [0.25, 0.3) is 0 Å². The number of hydrogen-bond donors (Lipinski definition) is 2. The summed E-state index contributed by atoms with van der Waals surface area (Å²) >= 11 is 0. The molecule has 84 valence electrons. The highest BCUT2D eigenvalue weighted by atomic mass is 16.1. The van der Waals surface area contributed by atoms with Crippen molar-refractivity contribution in [3.05, 3.63) is 0 Å². The minimum absolute atomic E-state index is 0.114. The van der Waals surface area contributed by atoms with Gasteiger partial charge >= 0.3 is 0 Å². The number of rotatable bonds is 6. The largest absolute Gasteiger partial charge is 0.352 e. The second-order valence-corrected chi connectivity index (χ2v) is 4.11. The van der Waals surface area contributed by atoms with Crippen LogP contribution < -0.4 is 11.1 Å². The highest BCUT2D eigenvalue weighted by molar-refractivity contribution is 5.78. The Morgan fingerprint density at radius 2 is 1.79 bits per heavy atom. The van der Waals surface area contributed by atoms with Gasteiger partial charge < -0.3 is 11.1 Å². The molecule has 0 aromatic carbocycles. The summed E-state index contributed by atoms with van der Waals surface area (Å²) in [7, 11) is 0. The fraction of sp³-hybridized carbons (Fsp3) is 0.909. The number of carbonyl (C=O) groups excluding carboxylic acids is 1. The van der Waals surface area contributed by atoms with Gasteiger partial charge in [-0.05, 0) is 18.8 Å². The quantitative estimate of drug-likeness (QED) is 0.683. The highest BCUT2D eigenvalue weighted by Crippen LogP contribution is 2.09. The van der Waals surface area contributed by atoms with Gasteiger partial charge in [-0.25, -0.2) is 0 Å². The minimum Gasteiger partial charge on any atom is -0.352 e. The Hall–Kier alpha value is -0.570. The molecule has 1 amide bonds. The average Bonchev–Trinajstić information content (AvgIpc) is 2.15. The number of carbonyl (C=O) groups is 1. The maximum Gasteiger partial charge on any atom is 0.223 e. The van der Waals surface area contributed by atoms with Crippen LogP contribution >= 0.6 is 0 Å². The first-order chi connectivity index (χ1) is 6.56. The molecule has 1 unspecified atom stereocenters. The summed E-state index contributed by atoms with van der Waals surface area (Å²) in [6.07, 6.45) is 1.80. The molecule has 0 aliphatic carbocycles. The topological polar surface area (TPSA) is 55.1 Å². The zero-order valence-electron chi connectivity index (χ0n) is 9.84. The number of amides is 1. The SMILES string of the molecule is CCC(CC)C(=O)NC(CN)C(C)C. The van der Waals surface area contributed by atoms with Crippen LogP contribution in [0.2, 0.25) is 0 Å². The Morgan fingerprint density at radius 1 is 1.29 bits per heavy atom. The summed E-state index contributed by atoms with van der Waals surface area (Å²) in [6.45, 7) is 8.75. The molecule has 0 bridgehead atoms. The molecule has 3 N–H and O–H groups in total. The lowest BCUT2D eigenvalue weighted by molar-refractivity contribution is -0.126. The van der Waals surface area contributed by atoms with E-state index in [1.165, 1.54) is 0 Å². The van der Waals surface area contributed by atoms with Crippen molar-refractivity contribution in [2.45, 2.75) is 46.6 Å². The van der Waals surface area contributed by atoms with E-state index in [-0.39, 0.29) is 17.9 Å². The summed E-state index contributed by atoms with van der Waals surface area (Å²) in [6, 6.07) is 0.114. The van der Waals surface area contributed by atoms with Gasteiger partial charge in [0.15, 0.2) is 0 Å². The molecule has 0 saturated heterocycles. The van der Waals surface area contributed by atoms with Gasteiger partial charge in [0.2, 0.25) is 5.91 Å². The van der Waals surface area contributed by atoms with Gasteiger partial charge in [-0.1, -0.05) is 27.7 Å². The van der Waals surface area contributed by atoms with Gasteiger partial charge in [0.05, 0.1) is 0 Å². The molecular weight excluding hydrogens is 176 g/mol. The molecule has 0 aromatic rings. The molecule has 14 heavy (non-hydrogen) atoms. The lowest BCUT2D eigenvalue weighted by Gasteiger charge is -2.23. The number of hydrogen-bond acceptors (Lipinski definition) is 2. The maximum absolute atomic E-state index is 11.7. The molecule has 0 heterocycles. The van der Waals surface area contributed by atoms with Crippen molar-refractivity contribution in [2.24, 2.45) is 17.6 Å². The van der Waals surface area contributed by atoms with E-state index >= 15 is 0 Å². The van der Waals surface area contributed by atoms with Crippen LogP contribution in [-0.4, -0.2) is 18.5 Å². The van der Waals surface area contributed by atoms with Gasteiger partial charge in [-0.15, -0.1) is 0 Å². The molecule has 0 saturated carbocycles. The third-order valence-electron chi connectivity index (χ3n) is 2.74. The van der Waals surface area contributed by atoms with Crippen molar-refractivity contribution >= 4 is 5.91 Å². The molecule has 1 atom stereocenters. The molecule has 0 fully saturated rings. The van der Waals surface area contributed by atoms with E-state index in [2.05, 4.69) is 19.2 Å². The second-order valence-electron chi connectivity index (χ2n) is 4.11. The van der Waals surface area contributed by atoms with Gasteiger partial charge in [0.1, 0.15) is 0 Å². The lowest BCUT2D eigenvalue weighted by atomic mass is 9.99. The Labute approximate surface area is 87.4 Å². The minimum atomic E-state index is 0.114. The van der Waals surface area contributed by atoms with Gasteiger partial charge in [-0.2, -0.15) is 0 Å². The first kappa shape index (κ1) is 13.4. The van der Waals surface area contributed by atoms with E-state index in [1.807, 2.05) is 13.8 Å². The van der Waals surface area contributed by atoms with Crippen LogP contribution in [0.3, 0.4) is 0 Å². The lowest BCUT2D eigenvalue weighted by Crippen LogP contribution is -2.45. The third kappa shape index (κ3) is 4.09. The van der Waals surface area contributed by atoms with Crippen LogP contribution in [0, 0.1) is 11.8 Å². The van der Waals surface area contributed by atoms with Crippen molar-refractivity contribution < 1.29 is 4.79 Å². The van der Waals surface area contributed by atoms with Gasteiger partial charge in [0, 0.05) is 18.5 Å². The smallest absolute Gasteiger partial charge is 0.223 e. The zero-order chi connectivity index (χ0) is 11.1. The van der Waals surface area contributed by atoms with E-state index < -0.39 is 0 Å². The first-order valence-electron chi connectivity index (χ1n) is 5.57. The number of nitrogens with two attached hydrogens (primary N) is 1. The standard InChI is InChI=1S/C11H24N2O/c1-5-9(6-2)11(14)13-10(7-12)8(3)4/h8-10H,5-7,12H2,1-4H3,(H,13,14). The predicted molar refractivity (Wildman–Crippen MR) is 59.9 cm³/mol. The molecule has 0 spiro atoms. The van der Waals surface area contributed by atoms with Crippen LogP contribution in [0.4, 0.5) is 0 Å². The van der Waals surface area contributed by atoms with Crippen molar-refractivity contribution in [3.8, 4) is 0 Å². The van der Waals surface area contributed by atoms with Gasteiger partial charge in [-0.3, -0.25) is 4.79 Å². The summed E-state index contributed by atoms with van der Waals surface area (Å²) in [4.78, 5) is 11.7. The molecule has 0 aromatic heterocycles. The molecule has 0 aliphatic rings. The van der Waals surface area contributed by atoms with E-state index in [4.69, 9.17) is 5.73 Å². The summed E-state index contributed by atoms with van der Waals surface area (Å²) in [5.41, 5.74) is 5.59. The zero-order valence-corrected chi connectivity index (χ0v) is 9.84. The van der Waals surface area contributed by atoms with Crippen molar-refractivity contribution in [2.75, 3.05) is 6.54 Å². The number of nitrogens with one attached hydrogen (secondary N) is 1. The molecule has 0 rings (SSSR count). The van der Waals surface area contributed by atoms with E-state index in [0.29, 0.717) is 12.5 Å². The maximum atomic E-state index is 11.7. The predicted octanol–water partition coefficient (Wildman–Crippen LogP) is 1.52. The normalized spacial score (nSPS) is 13.4. The second kappa shape index (κ2) is 6.82. The summed E-state index contributed by atoms with van der Waals surface area (Å²) in [5.74, 6) is 0.695. The van der Waals surface area contributed by atoms with E-state index in [1.54, 1.807) is 0 Å². The van der Waals surface area contributed by atoms with E-state index in [9.17, 15) is 4.79 Å². The molecule has 3 heteroatoms. The monoisotopic (exact) mass is 200 g/mol. The fourth-order valence-electron chi connectivity index (χ4n) is 1.46. The van der Waals surface area contributed by atoms with Crippen LogP contribution in [0.1, 0.15) is 40.5 Å². The third-order valence-corrected chi connectivity index (χ3v) is 2.74. The summed E-state index contributed by atoms with van der Waals surface area (Å²) in [5, 5.41) is 3.00. The van der Waals surface area contributed by atoms with Crippen molar-refractivity contribution in [3.63, 3.8) is 0 Å². The Kier molecular flexibility index (Phi) is 6.54. The van der Waals surface area contributed by atoms with Crippen LogP contribution in [-0.2, 0) is 4.79 Å². The summed E-state index contributed by atoms with van der Waals surface area (Å²) < 4.78 is 0. The first-order valence-corrected chi connectivity index (χ1v) is 5.57. The van der Waals surface area contributed by atoms with E-state index in [0.717, 1.165) is 12.8 Å². The molecule has 3 nitrogen and oxygen atoms in total.